The summed E-state index contributed by atoms with van der Waals surface area (Å²) in [5, 5.41) is 6.73. The van der Waals surface area contributed by atoms with E-state index in [-0.39, 0.29) is 24.2 Å². The molecule has 1 fully saturated rings. The zero-order valence-corrected chi connectivity index (χ0v) is 17.3. The number of nitrogens with one attached hydrogen (secondary N) is 1. The summed E-state index contributed by atoms with van der Waals surface area (Å²) in [5.74, 6) is 1.65. The lowest BCUT2D eigenvalue weighted by atomic mass is 10.2. The number of aromatic nitrogens is 2. The van der Waals surface area contributed by atoms with Crippen molar-refractivity contribution >= 4 is 17.5 Å². The van der Waals surface area contributed by atoms with E-state index in [0.29, 0.717) is 41.4 Å². The van der Waals surface area contributed by atoms with E-state index in [1.54, 1.807) is 61.6 Å². The van der Waals surface area contributed by atoms with Crippen LogP contribution < -0.4 is 19.7 Å². The third-order valence-corrected chi connectivity index (χ3v) is 5.03. The van der Waals surface area contributed by atoms with Crippen molar-refractivity contribution in [1.29, 1.82) is 0 Å². The molecule has 2 amide bonds. The van der Waals surface area contributed by atoms with E-state index in [4.69, 9.17) is 14.0 Å². The number of hydrogen-bond donors (Lipinski definition) is 1. The first-order valence-electron chi connectivity index (χ1n) is 9.82. The SMILES string of the molecule is COc1ccc(-c2noc(CNC(=O)c3ccc(N4CCCC4=O)cc3)n2)c(OC)c1. The monoisotopic (exact) mass is 422 g/mol. The number of benzene rings is 2. The average molecular weight is 422 g/mol. The van der Waals surface area contributed by atoms with Gasteiger partial charge in [-0.2, -0.15) is 4.98 Å². The molecule has 0 aliphatic carbocycles. The molecule has 1 N–H and O–H groups in total. The van der Waals surface area contributed by atoms with E-state index in [1.807, 2.05) is 0 Å². The van der Waals surface area contributed by atoms with Crippen LogP contribution in [0, 0.1) is 0 Å². The Hall–Kier alpha value is -3.88. The standard InChI is InChI=1S/C22H22N4O5/c1-29-16-9-10-17(18(12-16)30-2)21-24-19(31-25-21)13-23-22(28)14-5-7-15(8-6-14)26-11-3-4-20(26)27/h5-10,12H,3-4,11,13H2,1-2H3,(H,23,28). The van der Waals surface area contributed by atoms with Gasteiger partial charge >= 0.3 is 0 Å². The second kappa shape index (κ2) is 8.86. The molecule has 9 heteroatoms. The molecule has 3 aromatic rings. The van der Waals surface area contributed by atoms with E-state index in [0.717, 1.165) is 12.1 Å². The Morgan fingerprint density at radius 2 is 1.97 bits per heavy atom. The van der Waals surface area contributed by atoms with Gasteiger partial charge in [-0.1, -0.05) is 5.16 Å². The van der Waals surface area contributed by atoms with Crippen LogP contribution in [-0.2, 0) is 11.3 Å². The summed E-state index contributed by atoms with van der Waals surface area (Å²) in [5.41, 5.74) is 1.93. The molecule has 4 rings (SSSR count). The predicted molar refractivity (Wildman–Crippen MR) is 112 cm³/mol. The smallest absolute Gasteiger partial charge is 0.251 e. The fourth-order valence-electron chi connectivity index (χ4n) is 3.39. The highest BCUT2D eigenvalue weighted by Gasteiger charge is 2.22. The molecule has 2 aromatic carbocycles. The van der Waals surface area contributed by atoms with Gasteiger partial charge in [-0.05, 0) is 42.8 Å². The minimum absolute atomic E-state index is 0.0800. The Balaban J connectivity index is 1.39. The Morgan fingerprint density at radius 3 is 2.65 bits per heavy atom. The maximum absolute atomic E-state index is 12.4. The fourth-order valence-corrected chi connectivity index (χ4v) is 3.39. The van der Waals surface area contributed by atoms with Gasteiger partial charge in [0, 0.05) is 30.3 Å². The summed E-state index contributed by atoms with van der Waals surface area (Å²) in [7, 11) is 3.12. The number of carbonyl (C=O) groups excluding carboxylic acids is 2. The largest absolute Gasteiger partial charge is 0.497 e. The lowest BCUT2D eigenvalue weighted by Crippen LogP contribution is -2.25. The van der Waals surface area contributed by atoms with Gasteiger partial charge < -0.3 is 24.2 Å². The molecule has 1 aliphatic rings. The molecule has 0 bridgehead atoms. The van der Waals surface area contributed by atoms with E-state index in [1.165, 1.54) is 0 Å². The summed E-state index contributed by atoms with van der Waals surface area (Å²) in [6.07, 6.45) is 1.42. The molecule has 160 valence electrons. The van der Waals surface area contributed by atoms with Gasteiger partial charge in [0.15, 0.2) is 0 Å². The maximum Gasteiger partial charge on any atom is 0.251 e. The number of ether oxygens (including phenoxy) is 2. The minimum Gasteiger partial charge on any atom is -0.497 e. The van der Waals surface area contributed by atoms with Crippen molar-refractivity contribution in [3.05, 3.63) is 53.9 Å². The molecule has 9 nitrogen and oxygen atoms in total. The molecule has 0 atom stereocenters. The Kier molecular flexibility index (Phi) is 5.83. The van der Waals surface area contributed by atoms with Crippen molar-refractivity contribution in [1.82, 2.24) is 15.5 Å². The topological polar surface area (TPSA) is 107 Å². The molecule has 2 heterocycles. The fraction of sp³-hybridized carbons (Fsp3) is 0.273. The summed E-state index contributed by atoms with van der Waals surface area (Å²) in [4.78, 5) is 30.3. The Morgan fingerprint density at radius 1 is 1.16 bits per heavy atom. The van der Waals surface area contributed by atoms with Gasteiger partial charge in [-0.3, -0.25) is 9.59 Å². The van der Waals surface area contributed by atoms with Crippen LogP contribution in [0.4, 0.5) is 5.69 Å². The number of anilines is 1. The average Bonchev–Trinajstić information content (AvgIpc) is 3.46. The van der Waals surface area contributed by atoms with Gasteiger partial charge in [-0.15, -0.1) is 0 Å². The third-order valence-electron chi connectivity index (χ3n) is 5.03. The van der Waals surface area contributed by atoms with Crippen LogP contribution in [0.3, 0.4) is 0 Å². The van der Waals surface area contributed by atoms with Crippen molar-refractivity contribution in [3.8, 4) is 22.9 Å². The van der Waals surface area contributed by atoms with E-state index < -0.39 is 0 Å². The molecule has 31 heavy (non-hydrogen) atoms. The molecule has 0 unspecified atom stereocenters. The third kappa shape index (κ3) is 4.35. The van der Waals surface area contributed by atoms with Crippen molar-refractivity contribution < 1.29 is 23.6 Å². The highest BCUT2D eigenvalue weighted by atomic mass is 16.5. The van der Waals surface area contributed by atoms with Crippen LogP contribution >= 0.6 is 0 Å². The summed E-state index contributed by atoms with van der Waals surface area (Å²) in [6.45, 7) is 0.791. The normalized spacial score (nSPS) is 13.4. The zero-order chi connectivity index (χ0) is 21.8. The van der Waals surface area contributed by atoms with Gasteiger partial charge in [0.05, 0.1) is 26.3 Å². The van der Waals surface area contributed by atoms with E-state index in [2.05, 4.69) is 15.5 Å². The number of rotatable bonds is 7. The van der Waals surface area contributed by atoms with Crippen molar-refractivity contribution in [2.24, 2.45) is 0 Å². The van der Waals surface area contributed by atoms with E-state index >= 15 is 0 Å². The van der Waals surface area contributed by atoms with Crippen molar-refractivity contribution in [3.63, 3.8) is 0 Å². The Labute approximate surface area is 179 Å². The highest BCUT2D eigenvalue weighted by molar-refractivity contribution is 5.97. The molecular formula is C22H22N4O5. The minimum atomic E-state index is -0.277. The molecule has 1 aliphatic heterocycles. The van der Waals surface area contributed by atoms with Crippen LogP contribution in [0.25, 0.3) is 11.4 Å². The molecular weight excluding hydrogens is 400 g/mol. The first-order valence-corrected chi connectivity index (χ1v) is 9.82. The lowest BCUT2D eigenvalue weighted by molar-refractivity contribution is -0.117. The second-order valence-electron chi connectivity index (χ2n) is 6.96. The highest BCUT2D eigenvalue weighted by Crippen LogP contribution is 2.31. The summed E-state index contributed by atoms with van der Waals surface area (Å²) >= 11 is 0. The van der Waals surface area contributed by atoms with Crippen molar-refractivity contribution in [2.45, 2.75) is 19.4 Å². The van der Waals surface area contributed by atoms with Crippen LogP contribution in [0.15, 0.2) is 47.0 Å². The van der Waals surface area contributed by atoms with Crippen LogP contribution in [0.5, 0.6) is 11.5 Å². The van der Waals surface area contributed by atoms with E-state index in [9.17, 15) is 9.59 Å². The number of carbonyl (C=O) groups is 2. The van der Waals surface area contributed by atoms with Gasteiger partial charge in [0.1, 0.15) is 11.5 Å². The zero-order valence-electron chi connectivity index (χ0n) is 17.3. The van der Waals surface area contributed by atoms with Gasteiger partial charge in [0.25, 0.3) is 5.91 Å². The Bertz CT molecular complexity index is 1090. The maximum atomic E-state index is 12.4. The number of nitrogens with zero attached hydrogens (tertiary/aromatic N) is 3. The quantitative estimate of drug-likeness (QED) is 0.624. The van der Waals surface area contributed by atoms with Crippen LogP contribution in [0.2, 0.25) is 0 Å². The number of hydrogen-bond acceptors (Lipinski definition) is 7. The molecule has 1 aromatic heterocycles. The van der Waals surface area contributed by atoms with Gasteiger partial charge in [0.2, 0.25) is 17.6 Å². The summed E-state index contributed by atoms with van der Waals surface area (Å²) in [6, 6.07) is 12.2. The first-order chi connectivity index (χ1) is 15.1. The summed E-state index contributed by atoms with van der Waals surface area (Å²) < 4.78 is 15.8. The molecule has 1 saturated heterocycles. The van der Waals surface area contributed by atoms with Gasteiger partial charge in [-0.25, -0.2) is 0 Å². The van der Waals surface area contributed by atoms with Crippen LogP contribution in [-0.4, -0.2) is 42.7 Å². The first kappa shape index (κ1) is 20.4. The molecule has 0 saturated carbocycles. The second-order valence-corrected chi connectivity index (χ2v) is 6.96. The van der Waals surface area contributed by atoms with Crippen molar-refractivity contribution in [2.75, 3.05) is 25.7 Å². The van der Waals surface area contributed by atoms with Crippen LogP contribution in [0.1, 0.15) is 29.1 Å². The molecule has 0 spiro atoms. The molecule has 0 radical (unpaired) electrons. The number of methoxy groups -OCH3 is 2. The predicted octanol–water partition coefficient (Wildman–Crippen LogP) is 2.81. The number of amides is 2. The lowest BCUT2D eigenvalue weighted by Gasteiger charge is -2.15.